The van der Waals surface area contributed by atoms with Crippen LogP contribution in [0.1, 0.15) is 0 Å². The van der Waals surface area contributed by atoms with Crippen LogP contribution in [0.3, 0.4) is 0 Å². The number of rotatable bonds is 0. The van der Waals surface area contributed by atoms with Gasteiger partial charge in [0.25, 0.3) is 0 Å². The predicted octanol–water partition coefficient (Wildman–Crippen LogP) is 2.11. The lowest BCUT2D eigenvalue weighted by Gasteiger charge is -1.98. The molecule has 10 heavy (non-hydrogen) atoms. The van der Waals surface area contributed by atoms with Crippen molar-refractivity contribution in [3.8, 4) is 0 Å². The van der Waals surface area contributed by atoms with E-state index in [9.17, 15) is 4.39 Å². The van der Waals surface area contributed by atoms with Crippen LogP contribution in [0.15, 0.2) is 6.20 Å². The number of anilines is 1. The summed E-state index contributed by atoms with van der Waals surface area (Å²) in [6.45, 7) is 0. The van der Waals surface area contributed by atoms with Gasteiger partial charge >= 0.3 is 0 Å². The summed E-state index contributed by atoms with van der Waals surface area (Å²) in [6, 6.07) is 0. The van der Waals surface area contributed by atoms with Crippen LogP contribution in [-0.4, -0.2) is 4.98 Å². The van der Waals surface area contributed by atoms with Crippen molar-refractivity contribution in [3.63, 3.8) is 0 Å². The molecule has 0 unspecified atom stereocenters. The molecule has 0 aliphatic carbocycles. The SMILES string of the molecule is Nc1c(Cl)cnc(Cl)c1F. The zero-order valence-corrected chi connectivity index (χ0v) is 6.25. The molecule has 0 radical (unpaired) electrons. The first-order chi connectivity index (χ1) is 4.63. The highest BCUT2D eigenvalue weighted by Gasteiger charge is 2.07. The molecule has 54 valence electrons. The van der Waals surface area contributed by atoms with Crippen molar-refractivity contribution in [2.24, 2.45) is 0 Å². The molecule has 2 N–H and O–H groups in total. The molecule has 0 amide bonds. The number of pyridine rings is 1. The summed E-state index contributed by atoms with van der Waals surface area (Å²) in [7, 11) is 0. The van der Waals surface area contributed by atoms with Gasteiger partial charge in [-0.3, -0.25) is 0 Å². The maximum absolute atomic E-state index is 12.6. The molecule has 0 bridgehead atoms. The second-order valence-corrected chi connectivity index (χ2v) is 2.39. The smallest absolute Gasteiger partial charge is 0.184 e. The van der Waals surface area contributed by atoms with Crippen molar-refractivity contribution in [2.75, 3.05) is 5.73 Å². The monoisotopic (exact) mass is 180 g/mol. The van der Waals surface area contributed by atoms with Crippen molar-refractivity contribution in [2.45, 2.75) is 0 Å². The van der Waals surface area contributed by atoms with Crippen molar-refractivity contribution in [3.05, 3.63) is 22.2 Å². The minimum atomic E-state index is -0.769. The molecule has 0 aliphatic heterocycles. The molecular formula is C5H3Cl2FN2. The number of hydrogen-bond donors (Lipinski definition) is 1. The predicted molar refractivity (Wildman–Crippen MR) is 38.6 cm³/mol. The molecule has 0 aromatic carbocycles. The fourth-order valence-electron chi connectivity index (χ4n) is 0.456. The molecular weight excluding hydrogens is 178 g/mol. The van der Waals surface area contributed by atoms with Crippen molar-refractivity contribution >= 4 is 28.9 Å². The average Bonchev–Trinajstić information content (AvgIpc) is 1.93. The molecule has 0 spiro atoms. The Labute approximate surface area is 66.8 Å². The lowest BCUT2D eigenvalue weighted by Crippen LogP contribution is -1.93. The molecule has 2 nitrogen and oxygen atoms in total. The summed E-state index contributed by atoms with van der Waals surface area (Å²) in [4.78, 5) is 3.42. The Hall–Kier alpha value is -0.540. The van der Waals surface area contributed by atoms with Gasteiger partial charge in [-0.1, -0.05) is 23.2 Å². The van der Waals surface area contributed by atoms with Crippen molar-refractivity contribution in [1.82, 2.24) is 4.98 Å². The van der Waals surface area contributed by atoms with Gasteiger partial charge in [0, 0.05) is 6.20 Å². The molecule has 0 saturated carbocycles. The highest BCUT2D eigenvalue weighted by atomic mass is 35.5. The summed E-state index contributed by atoms with van der Waals surface area (Å²) in [5.74, 6) is -0.769. The van der Waals surface area contributed by atoms with E-state index >= 15 is 0 Å². The van der Waals surface area contributed by atoms with Crippen LogP contribution in [0.25, 0.3) is 0 Å². The topological polar surface area (TPSA) is 38.9 Å². The second-order valence-electron chi connectivity index (χ2n) is 1.62. The molecule has 0 fully saturated rings. The van der Waals surface area contributed by atoms with Crippen LogP contribution in [-0.2, 0) is 0 Å². The van der Waals surface area contributed by atoms with E-state index < -0.39 is 5.82 Å². The number of aromatic nitrogens is 1. The molecule has 1 rings (SSSR count). The zero-order valence-electron chi connectivity index (χ0n) is 4.74. The Balaban J connectivity index is 3.34. The number of nitrogen functional groups attached to an aromatic ring is 1. The Morgan fingerprint density at radius 3 is 2.60 bits per heavy atom. The number of hydrogen-bond acceptors (Lipinski definition) is 2. The summed E-state index contributed by atoms with van der Waals surface area (Å²) in [6.07, 6.45) is 1.20. The van der Waals surface area contributed by atoms with Crippen LogP contribution >= 0.6 is 23.2 Å². The first kappa shape index (κ1) is 7.57. The minimum Gasteiger partial charge on any atom is -0.395 e. The molecule has 0 saturated heterocycles. The third kappa shape index (κ3) is 1.15. The third-order valence-corrected chi connectivity index (χ3v) is 1.53. The van der Waals surface area contributed by atoms with Gasteiger partial charge in [-0.05, 0) is 0 Å². The molecule has 5 heteroatoms. The summed E-state index contributed by atoms with van der Waals surface area (Å²) in [5, 5.41) is -0.191. The van der Waals surface area contributed by atoms with Crippen LogP contribution < -0.4 is 5.73 Å². The van der Waals surface area contributed by atoms with Gasteiger partial charge in [-0.2, -0.15) is 0 Å². The molecule has 1 aromatic rings. The van der Waals surface area contributed by atoms with E-state index in [1.165, 1.54) is 6.20 Å². The average molecular weight is 181 g/mol. The summed E-state index contributed by atoms with van der Waals surface area (Å²) in [5.41, 5.74) is 4.99. The first-order valence-corrected chi connectivity index (χ1v) is 3.13. The van der Waals surface area contributed by atoms with Gasteiger partial charge in [0.05, 0.1) is 10.7 Å². The minimum absolute atomic E-state index is 0.0712. The first-order valence-electron chi connectivity index (χ1n) is 2.38. The van der Waals surface area contributed by atoms with Gasteiger partial charge in [0.15, 0.2) is 11.0 Å². The van der Waals surface area contributed by atoms with Crippen LogP contribution in [0.5, 0.6) is 0 Å². The van der Waals surface area contributed by atoms with E-state index in [-0.39, 0.29) is 15.9 Å². The number of nitrogens with zero attached hydrogens (tertiary/aromatic N) is 1. The van der Waals surface area contributed by atoms with E-state index in [1.54, 1.807) is 0 Å². The lowest BCUT2D eigenvalue weighted by atomic mass is 10.4. The molecule has 0 atom stereocenters. The molecule has 0 aliphatic rings. The Bertz CT molecular complexity index is 237. The van der Waals surface area contributed by atoms with E-state index in [0.717, 1.165) is 0 Å². The summed E-state index contributed by atoms with van der Waals surface area (Å²) >= 11 is 10.7. The van der Waals surface area contributed by atoms with E-state index in [0.29, 0.717) is 0 Å². The van der Waals surface area contributed by atoms with Gasteiger partial charge in [-0.15, -0.1) is 0 Å². The maximum Gasteiger partial charge on any atom is 0.184 e. The standard InChI is InChI=1S/C5H3Cl2FN2/c6-2-1-10-5(7)3(8)4(2)9/h1H,(H2,9,10). The van der Waals surface area contributed by atoms with Crippen molar-refractivity contribution < 1.29 is 4.39 Å². The Kier molecular flexibility index (Phi) is 1.97. The Morgan fingerprint density at radius 1 is 1.50 bits per heavy atom. The molecule has 1 heterocycles. The zero-order chi connectivity index (χ0) is 7.72. The van der Waals surface area contributed by atoms with Gasteiger partial charge < -0.3 is 5.73 Å². The van der Waals surface area contributed by atoms with E-state index in [1.807, 2.05) is 0 Å². The van der Waals surface area contributed by atoms with Crippen LogP contribution in [0.2, 0.25) is 10.2 Å². The highest BCUT2D eigenvalue weighted by Crippen LogP contribution is 2.24. The Morgan fingerprint density at radius 2 is 2.10 bits per heavy atom. The largest absolute Gasteiger partial charge is 0.395 e. The highest BCUT2D eigenvalue weighted by molar-refractivity contribution is 6.34. The van der Waals surface area contributed by atoms with Gasteiger partial charge in [0.2, 0.25) is 0 Å². The van der Waals surface area contributed by atoms with Crippen LogP contribution in [0.4, 0.5) is 10.1 Å². The van der Waals surface area contributed by atoms with Gasteiger partial charge in [-0.25, -0.2) is 9.37 Å². The fourth-order valence-corrected chi connectivity index (χ4v) is 0.738. The third-order valence-electron chi connectivity index (χ3n) is 0.966. The van der Waals surface area contributed by atoms with E-state index in [2.05, 4.69) is 4.98 Å². The summed E-state index contributed by atoms with van der Waals surface area (Å²) < 4.78 is 12.6. The number of halogens is 3. The van der Waals surface area contributed by atoms with Crippen molar-refractivity contribution in [1.29, 1.82) is 0 Å². The lowest BCUT2D eigenvalue weighted by molar-refractivity contribution is 0.627. The number of nitrogens with two attached hydrogens (primary N) is 1. The molecule has 1 aromatic heterocycles. The van der Waals surface area contributed by atoms with Crippen LogP contribution in [0, 0.1) is 5.82 Å². The fraction of sp³-hybridized carbons (Fsp3) is 0. The van der Waals surface area contributed by atoms with E-state index in [4.69, 9.17) is 28.9 Å². The normalized spacial score (nSPS) is 9.90. The second kappa shape index (κ2) is 2.60. The van der Waals surface area contributed by atoms with Gasteiger partial charge in [0.1, 0.15) is 0 Å². The maximum atomic E-state index is 12.6. The quantitative estimate of drug-likeness (QED) is 0.622.